The number of benzene rings is 1. The van der Waals surface area contributed by atoms with Gasteiger partial charge >= 0.3 is 0 Å². The summed E-state index contributed by atoms with van der Waals surface area (Å²) in [5, 5.41) is 21.8. The van der Waals surface area contributed by atoms with E-state index in [4.69, 9.17) is 0 Å². The number of hydrogen-bond acceptors (Lipinski definition) is 5. The van der Waals surface area contributed by atoms with Crippen LogP contribution in [0.25, 0.3) is 10.9 Å². The molecule has 5 nitrogen and oxygen atoms in total. The van der Waals surface area contributed by atoms with Gasteiger partial charge in [0.2, 0.25) is 0 Å². The molecule has 1 N–H and O–H groups in total. The number of fused-ring (bicyclic) bond motifs is 1. The molecule has 1 saturated heterocycles. The molecule has 0 atom stereocenters. The van der Waals surface area contributed by atoms with Crippen molar-refractivity contribution < 1.29 is 0 Å². The SMILES string of the molecule is Cc1ccc2nnc(C#N)c(NCCN3CCCCC3)c2c1. The molecule has 0 saturated carbocycles. The van der Waals surface area contributed by atoms with Gasteiger partial charge in [0.25, 0.3) is 0 Å². The van der Waals surface area contributed by atoms with Crippen LogP contribution in [0.15, 0.2) is 18.2 Å². The number of aromatic nitrogens is 2. The number of likely N-dealkylation sites (tertiary alicyclic amines) is 1. The Morgan fingerprint density at radius 3 is 2.82 bits per heavy atom. The summed E-state index contributed by atoms with van der Waals surface area (Å²) >= 11 is 0. The Morgan fingerprint density at radius 1 is 1.23 bits per heavy atom. The molecule has 1 aromatic heterocycles. The molecule has 0 unspecified atom stereocenters. The molecule has 0 amide bonds. The van der Waals surface area contributed by atoms with E-state index in [2.05, 4.69) is 32.5 Å². The smallest absolute Gasteiger partial charge is 0.186 e. The Balaban J connectivity index is 1.79. The second-order valence-electron chi connectivity index (χ2n) is 5.89. The van der Waals surface area contributed by atoms with Crippen LogP contribution in [-0.4, -0.2) is 41.3 Å². The summed E-state index contributed by atoms with van der Waals surface area (Å²) in [5.41, 5.74) is 3.17. The van der Waals surface area contributed by atoms with Crippen molar-refractivity contribution in [2.24, 2.45) is 0 Å². The Bertz CT molecular complexity index is 698. The molecular formula is C17H21N5. The molecule has 0 spiro atoms. The largest absolute Gasteiger partial charge is 0.381 e. The quantitative estimate of drug-likeness (QED) is 0.939. The molecule has 1 fully saturated rings. The van der Waals surface area contributed by atoms with Gasteiger partial charge in [-0.2, -0.15) is 5.26 Å². The normalized spacial score (nSPS) is 15.6. The lowest BCUT2D eigenvalue weighted by atomic mass is 10.1. The fourth-order valence-corrected chi connectivity index (χ4v) is 3.00. The Morgan fingerprint density at radius 2 is 2.05 bits per heavy atom. The number of nitriles is 1. The maximum atomic E-state index is 9.29. The van der Waals surface area contributed by atoms with E-state index in [1.165, 1.54) is 32.4 Å². The third-order valence-corrected chi connectivity index (χ3v) is 4.20. The number of hydrogen-bond donors (Lipinski definition) is 1. The van der Waals surface area contributed by atoms with E-state index in [9.17, 15) is 5.26 Å². The first-order valence-electron chi connectivity index (χ1n) is 7.91. The van der Waals surface area contributed by atoms with Gasteiger partial charge in [0.1, 0.15) is 6.07 Å². The molecule has 3 rings (SSSR count). The first-order valence-corrected chi connectivity index (χ1v) is 7.91. The van der Waals surface area contributed by atoms with Crippen LogP contribution in [0.1, 0.15) is 30.5 Å². The lowest BCUT2D eigenvalue weighted by Gasteiger charge is -2.26. The summed E-state index contributed by atoms with van der Waals surface area (Å²) in [4.78, 5) is 2.48. The minimum Gasteiger partial charge on any atom is -0.381 e. The molecule has 2 heterocycles. The zero-order chi connectivity index (χ0) is 15.4. The minimum absolute atomic E-state index is 0.372. The highest BCUT2D eigenvalue weighted by Gasteiger charge is 2.12. The van der Waals surface area contributed by atoms with Gasteiger partial charge in [-0.1, -0.05) is 18.1 Å². The van der Waals surface area contributed by atoms with Gasteiger partial charge in [0.15, 0.2) is 5.69 Å². The first-order chi connectivity index (χ1) is 10.8. The van der Waals surface area contributed by atoms with Gasteiger partial charge in [-0.25, -0.2) is 0 Å². The van der Waals surface area contributed by atoms with Gasteiger partial charge in [0, 0.05) is 18.5 Å². The highest BCUT2D eigenvalue weighted by Crippen LogP contribution is 2.25. The predicted octanol–water partition coefficient (Wildman–Crippen LogP) is 2.71. The number of nitrogens with one attached hydrogen (secondary N) is 1. The van der Waals surface area contributed by atoms with Gasteiger partial charge in [-0.3, -0.25) is 0 Å². The maximum absolute atomic E-state index is 9.29. The van der Waals surface area contributed by atoms with Crippen LogP contribution in [0.2, 0.25) is 0 Å². The van der Waals surface area contributed by atoms with Crippen LogP contribution in [0.4, 0.5) is 5.69 Å². The van der Waals surface area contributed by atoms with Crippen LogP contribution in [-0.2, 0) is 0 Å². The fourth-order valence-electron chi connectivity index (χ4n) is 3.00. The van der Waals surface area contributed by atoms with Crippen LogP contribution < -0.4 is 5.32 Å². The lowest BCUT2D eigenvalue weighted by molar-refractivity contribution is 0.237. The van der Waals surface area contributed by atoms with E-state index in [-0.39, 0.29) is 0 Å². The van der Waals surface area contributed by atoms with Gasteiger partial charge in [-0.15, -0.1) is 10.2 Å². The molecule has 1 aliphatic heterocycles. The van der Waals surface area contributed by atoms with Crippen LogP contribution in [0, 0.1) is 18.3 Å². The molecule has 0 bridgehead atoms. The van der Waals surface area contributed by atoms with Crippen molar-refractivity contribution in [2.75, 3.05) is 31.5 Å². The standard InChI is InChI=1S/C17H21N5/c1-13-5-6-15-14(11-13)17(16(12-18)21-20-15)19-7-10-22-8-3-2-4-9-22/h5-6,11H,2-4,7-10H2,1H3,(H,19,20). The van der Waals surface area contributed by atoms with E-state index < -0.39 is 0 Å². The summed E-state index contributed by atoms with van der Waals surface area (Å²) in [6.07, 6.45) is 3.94. The zero-order valence-electron chi connectivity index (χ0n) is 13.0. The van der Waals surface area contributed by atoms with Crippen molar-refractivity contribution in [1.29, 1.82) is 5.26 Å². The predicted molar refractivity (Wildman–Crippen MR) is 87.8 cm³/mol. The van der Waals surface area contributed by atoms with E-state index in [1.807, 2.05) is 19.1 Å². The second-order valence-corrected chi connectivity index (χ2v) is 5.89. The Labute approximate surface area is 131 Å². The van der Waals surface area contributed by atoms with Crippen LogP contribution in [0.3, 0.4) is 0 Å². The number of rotatable bonds is 4. The highest BCUT2D eigenvalue weighted by molar-refractivity contribution is 5.93. The second kappa shape index (κ2) is 6.71. The Kier molecular flexibility index (Phi) is 4.50. The van der Waals surface area contributed by atoms with Gasteiger partial charge in [0.05, 0.1) is 11.2 Å². The number of anilines is 1. The fraction of sp³-hybridized carbons (Fsp3) is 0.471. The summed E-state index contributed by atoms with van der Waals surface area (Å²) in [6.45, 7) is 6.23. The molecule has 2 aromatic rings. The molecule has 0 aliphatic carbocycles. The average molecular weight is 295 g/mol. The van der Waals surface area contributed by atoms with Crippen molar-refractivity contribution >= 4 is 16.6 Å². The number of nitrogens with zero attached hydrogens (tertiary/aromatic N) is 4. The van der Waals surface area contributed by atoms with Crippen molar-refractivity contribution in [1.82, 2.24) is 15.1 Å². The third-order valence-electron chi connectivity index (χ3n) is 4.20. The molecule has 0 radical (unpaired) electrons. The topological polar surface area (TPSA) is 64.8 Å². The first kappa shape index (κ1) is 14.7. The molecular weight excluding hydrogens is 274 g/mol. The van der Waals surface area contributed by atoms with E-state index in [0.29, 0.717) is 5.69 Å². The molecule has 1 aliphatic rings. The summed E-state index contributed by atoms with van der Waals surface area (Å²) in [5.74, 6) is 0. The van der Waals surface area contributed by atoms with Crippen molar-refractivity contribution in [2.45, 2.75) is 26.2 Å². The average Bonchev–Trinajstić information content (AvgIpc) is 2.56. The van der Waals surface area contributed by atoms with Crippen molar-refractivity contribution in [3.63, 3.8) is 0 Å². The molecule has 114 valence electrons. The number of piperidine rings is 1. The monoisotopic (exact) mass is 295 g/mol. The molecule has 1 aromatic carbocycles. The number of aryl methyl sites for hydroxylation is 1. The van der Waals surface area contributed by atoms with Crippen molar-refractivity contribution in [3.05, 3.63) is 29.5 Å². The zero-order valence-corrected chi connectivity index (χ0v) is 13.0. The maximum Gasteiger partial charge on any atom is 0.186 e. The van der Waals surface area contributed by atoms with E-state index in [0.717, 1.165) is 35.2 Å². The molecule has 5 heteroatoms. The summed E-state index contributed by atoms with van der Waals surface area (Å²) in [6, 6.07) is 8.18. The van der Waals surface area contributed by atoms with Crippen LogP contribution in [0.5, 0.6) is 0 Å². The van der Waals surface area contributed by atoms with Crippen molar-refractivity contribution in [3.8, 4) is 6.07 Å². The Hall–Kier alpha value is -2.19. The van der Waals surface area contributed by atoms with Gasteiger partial charge in [-0.05, 0) is 45.0 Å². The summed E-state index contributed by atoms with van der Waals surface area (Å²) < 4.78 is 0. The van der Waals surface area contributed by atoms with Crippen LogP contribution >= 0.6 is 0 Å². The lowest BCUT2D eigenvalue weighted by Crippen LogP contribution is -2.33. The third kappa shape index (κ3) is 3.18. The minimum atomic E-state index is 0.372. The van der Waals surface area contributed by atoms with Gasteiger partial charge < -0.3 is 10.2 Å². The summed E-state index contributed by atoms with van der Waals surface area (Å²) in [7, 11) is 0. The van der Waals surface area contributed by atoms with E-state index >= 15 is 0 Å². The molecule has 22 heavy (non-hydrogen) atoms. The highest BCUT2D eigenvalue weighted by atomic mass is 15.2. The van der Waals surface area contributed by atoms with E-state index in [1.54, 1.807) is 0 Å².